The van der Waals surface area contributed by atoms with Crippen molar-refractivity contribution >= 4 is 11.5 Å². The predicted molar refractivity (Wildman–Crippen MR) is 74.6 cm³/mol. The van der Waals surface area contributed by atoms with E-state index in [4.69, 9.17) is 4.74 Å². The van der Waals surface area contributed by atoms with Crippen LogP contribution in [0.15, 0.2) is 18.6 Å². The van der Waals surface area contributed by atoms with Gasteiger partial charge in [-0.25, -0.2) is 4.98 Å². The zero-order valence-electron chi connectivity index (χ0n) is 11.3. The summed E-state index contributed by atoms with van der Waals surface area (Å²) >= 11 is 0. The van der Waals surface area contributed by atoms with E-state index in [9.17, 15) is 0 Å². The van der Waals surface area contributed by atoms with E-state index >= 15 is 0 Å². The topological polar surface area (TPSA) is 51.5 Å². The molecule has 0 unspecified atom stereocenters. The maximum Gasteiger partial charge on any atom is 0.260 e. The highest BCUT2D eigenvalue weighted by atomic mass is 16.5. The molecule has 1 fully saturated rings. The molecule has 0 radical (unpaired) electrons. The van der Waals surface area contributed by atoms with Crippen molar-refractivity contribution in [2.45, 2.75) is 32.6 Å². The Balaban J connectivity index is 1.75. The molecule has 1 saturated carbocycles. The molecule has 0 aromatic carbocycles. The second kappa shape index (κ2) is 5.47. The molecule has 0 spiro atoms. The lowest BCUT2D eigenvalue weighted by Gasteiger charge is -2.09. The van der Waals surface area contributed by atoms with Crippen LogP contribution < -0.4 is 10.1 Å². The molecule has 1 aliphatic rings. The van der Waals surface area contributed by atoms with Crippen molar-refractivity contribution in [2.24, 2.45) is 5.92 Å². The number of rotatable bonds is 7. The largest absolute Gasteiger partial charge is 0.475 e. The van der Waals surface area contributed by atoms with E-state index < -0.39 is 0 Å². The van der Waals surface area contributed by atoms with Crippen LogP contribution in [0.1, 0.15) is 32.6 Å². The summed E-state index contributed by atoms with van der Waals surface area (Å²) in [5.74, 6) is 2.35. The van der Waals surface area contributed by atoms with Crippen molar-refractivity contribution in [1.82, 2.24) is 14.4 Å². The molecule has 5 heteroatoms. The second-order valence-electron chi connectivity index (χ2n) is 5.10. The minimum atomic E-state index is 0.631. The first-order chi connectivity index (χ1) is 9.36. The molecule has 0 aliphatic heterocycles. The lowest BCUT2D eigenvalue weighted by atomic mass is 10.3. The normalized spacial score (nSPS) is 14.8. The van der Waals surface area contributed by atoms with Crippen LogP contribution in [0.5, 0.6) is 5.88 Å². The highest BCUT2D eigenvalue weighted by molar-refractivity contribution is 5.53. The van der Waals surface area contributed by atoms with Gasteiger partial charge in [0, 0.05) is 18.9 Å². The highest BCUT2D eigenvalue weighted by Gasteiger charge is 2.21. The first kappa shape index (κ1) is 12.3. The van der Waals surface area contributed by atoms with Crippen molar-refractivity contribution in [2.75, 3.05) is 18.5 Å². The summed E-state index contributed by atoms with van der Waals surface area (Å²) in [4.78, 5) is 8.81. The van der Waals surface area contributed by atoms with Crippen LogP contribution in [-0.4, -0.2) is 27.5 Å². The van der Waals surface area contributed by atoms with Gasteiger partial charge in [0.1, 0.15) is 5.82 Å². The number of fused-ring (bicyclic) bond motifs is 1. The van der Waals surface area contributed by atoms with Crippen molar-refractivity contribution in [3.05, 3.63) is 18.6 Å². The Morgan fingerprint density at radius 1 is 1.47 bits per heavy atom. The lowest BCUT2D eigenvalue weighted by Crippen LogP contribution is -2.07. The minimum Gasteiger partial charge on any atom is -0.475 e. The Kier molecular flexibility index (Phi) is 3.53. The quantitative estimate of drug-likeness (QED) is 0.831. The molecular weight excluding hydrogens is 240 g/mol. The van der Waals surface area contributed by atoms with Crippen LogP contribution in [0.3, 0.4) is 0 Å². The summed E-state index contributed by atoms with van der Waals surface area (Å²) in [5.41, 5.74) is 0.790. The molecule has 19 heavy (non-hydrogen) atoms. The number of aromatic nitrogens is 3. The number of anilines is 1. The van der Waals surface area contributed by atoms with E-state index in [0.717, 1.165) is 43.4 Å². The maximum atomic E-state index is 5.81. The van der Waals surface area contributed by atoms with Gasteiger partial charge >= 0.3 is 0 Å². The molecule has 2 heterocycles. The summed E-state index contributed by atoms with van der Waals surface area (Å²) in [5, 5.41) is 3.29. The number of hydrogen-bond acceptors (Lipinski definition) is 4. The Bertz CT molecular complexity index is 547. The van der Waals surface area contributed by atoms with Crippen molar-refractivity contribution in [3.63, 3.8) is 0 Å². The van der Waals surface area contributed by atoms with Crippen LogP contribution in [0, 0.1) is 5.92 Å². The number of imidazole rings is 1. The molecule has 1 aliphatic carbocycles. The second-order valence-corrected chi connectivity index (χ2v) is 5.10. The molecular formula is C14H20N4O. The summed E-state index contributed by atoms with van der Waals surface area (Å²) in [6, 6.07) is 0. The molecule has 2 aromatic heterocycles. The van der Waals surface area contributed by atoms with E-state index in [2.05, 4.69) is 22.2 Å². The standard InChI is InChI=1S/C14H20N4O/c1-2-6-15-12-10-18-8-7-16-13(18)14(17-12)19-9-5-11-3-4-11/h7-8,10-11,15H,2-6,9H2,1H3. The summed E-state index contributed by atoms with van der Waals surface area (Å²) in [6.07, 6.45) is 10.5. The molecule has 0 atom stereocenters. The fourth-order valence-electron chi connectivity index (χ4n) is 2.07. The molecule has 2 aromatic rings. The van der Waals surface area contributed by atoms with Crippen molar-refractivity contribution in [1.29, 1.82) is 0 Å². The van der Waals surface area contributed by atoms with Gasteiger partial charge in [-0.3, -0.25) is 4.40 Å². The Labute approximate surface area is 113 Å². The van der Waals surface area contributed by atoms with E-state index in [1.165, 1.54) is 12.8 Å². The van der Waals surface area contributed by atoms with Crippen LogP contribution in [0.2, 0.25) is 0 Å². The predicted octanol–water partition coefficient (Wildman–Crippen LogP) is 2.73. The van der Waals surface area contributed by atoms with Gasteiger partial charge in [-0.2, -0.15) is 4.98 Å². The Hall–Kier alpha value is -1.78. The highest BCUT2D eigenvalue weighted by Crippen LogP contribution is 2.32. The van der Waals surface area contributed by atoms with Gasteiger partial charge < -0.3 is 10.1 Å². The molecule has 102 valence electrons. The fourth-order valence-corrected chi connectivity index (χ4v) is 2.07. The molecule has 5 nitrogen and oxygen atoms in total. The average Bonchev–Trinajstić information content (AvgIpc) is 3.12. The van der Waals surface area contributed by atoms with Gasteiger partial charge in [0.05, 0.1) is 12.8 Å². The number of nitrogens with zero attached hydrogens (tertiary/aromatic N) is 3. The Morgan fingerprint density at radius 2 is 2.37 bits per heavy atom. The van der Waals surface area contributed by atoms with Gasteiger partial charge in [-0.15, -0.1) is 0 Å². The van der Waals surface area contributed by atoms with Crippen LogP contribution in [0.4, 0.5) is 5.82 Å². The van der Waals surface area contributed by atoms with Gasteiger partial charge in [-0.1, -0.05) is 19.8 Å². The summed E-state index contributed by atoms with van der Waals surface area (Å²) in [6.45, 7) is 3.78. The number of hydrogen-bond donors (Lipinski definition) is 1. The van der Waals surface area contributed by atoms with E-state index in [0.29, 0.717) is 5.88 Å². The number of nitrogens with one attached hydrogen (secondary N) is 1. The third-order valence-corrected chi connectivity index (χ3v) is 3.36. The summed E-state index contributed by atoms with van der Waals surface area (Å²) in [7, 11) is 0. The molecule has 0 bridgehead atoms. The third-order valence-electron chi connectivity index (χ3n) is 3.36. The van der Waals surface area contributed by atoms with Gasteiger partial charge in [0.2, 0.25) is 5.65 Å². The minimum absolute atomic E-state index is 0.631. The van der Waals surface area contributed by atoms with Crippen molar-refractivity contribution in [3.8, 4) is 5.88 Å². The molecule has 3 rings (SSSR count). The molecule has 0 amide bonds. The van der Waals surface area contributed by atoms with Crippen LogP contribution in [0.25, 0.3) is 5.65 Å². The van der Waals surface area contributed by atoms with Crippen molar-refractivity contribution < 1.29 is 4.74 Å². The average molecular weight is 260 g/mol. The first-order valence-electron chi connectivity index (χ1n) is 7.07. The monoisotopic (exact) mass is 260 g/mol. The van der Waals surface area contributed by atoms with Gasteiger partial charge in [-0.05, 0) is 18.8 Å². The third kappa shape index (κ3) is 2.97. The van der Waals surface area contributed by atoms with Gasteiger partial charge in [0.15, 0.2) is 0 Å². The first-order valence-corrected chi connectivity index (χ1v) is 7.07. The van der Waals surface area contributed by atoms with E-state index in [1.807, 2.05) is 16.8 Å². The zero-order valence-corrected chi connectivity index (χ0v) is 11.3. The summed E-state index contributed by atoms with van der Waals surface area (Å²) < 4.78 is 7.77. The zero-order chi connectivity index (χ0) is 13.1. The van der Waals surface area contributed by atoms with Gasteiger partial charge in [0.25, 0.3) is 5.88 Å². The number of ether oxygens (including phenoxy) is 1. The molecule has 1 N–H and O–H groups in total. The van der Waals surface area contributed by atoms with E-state index in [-0.39, 0.29) is 0 Å². The fraction of sp³-hybridized carbons (Fsp3) is 0.571. The smallest absolute Gasteiger partial charge is 0.260 e. The van der Waals surface area contributed by atoms with Crippen LogP contribution >= 0.6 is 0 Å². The SMILES string of the molecule is CCCNc1cn2ccnc2c(OCCC2CC2)n1. The Morgan fingerprint density at radius 3 is 3.16 bits per heavy atom. The lowest BCUT2D eigenvalue weighted by molar-refractivity contribution is 0.293. The molecule has 0 saturated heterocycles. The van der Waals surface area contributed by atoms with Crippen LogP contribution in [-0.2, 0) is 0 Å². The van der Waals surface area contributed by atoms with E-state index in [1.54, 1.807) is 6.20 Å². The maximum absolute atomic E-state index is 5.81.